The Balaban J connectivity index is 1.51. The summed E-state index contributed by atoms with van der Waals surface area (Å²) in [5.74, 6) is 1.21. The minimum Gasteiger partial charge on any atom is -0.467 e. The second-order valence-electron chi connectivity index (χ2n) is 7.71. The van der Waals surface area contributed by atoms with Crippen LogP contribution in [-0.2, 0) is 17.9 Å². The Morgan fingerprint density at radius 1 is 1.22 bits per heavy atom. The number of rotatable bonds is 7. The molecule has 0 unspecified atom stereocenters. The van der Waals surface area contributed by atoms with Crippen molar-refractivity contribution >= 4 is 22.9 Å². The molecule has 0 saturated heterocycles. The Bertz CT molecular complexity index is 1330. The third kappa shape index (κ3) is 4.42. The molecule has 1 aromatic carbocycles. The number of nitrogens with one attached hydrogen (secondary N) is 1. The van der Waals surface area contributed by atoms with E-state index in [4.69, 9.17) is 4.42 Å². The van der Waals surface area contributed by atoms with Gasteiger partial charge in [-0.3, -0.25) is 9.59 Å². The summed E-state index contributed by atoms with van der Waals surface area (Å²) in [6, 6.07) is 13.1. The van der Waals surface area contributed by atoms with Gasteiger partial charge in [-0.1, -0.05) is 12.1 Å². The van der Waals surface area contributed by atoms with Crippen LogP contribution in [0.4, 0.5) is 0 Å². The van der Waals surface area contributed by atoms with Crippen molar-refractivity contribution in [3.8, 4) is 0 Å². The number of aryl methyl sites for hydroxylation is 1. The van der Waals surface area contributed by atoms with E-state index in [0.29, 0.717) is 29.8 Å². The van der Waals surface area contributed by atoms with E-state index in [9.17, 15) is 9.59 Å². The molecule has 0 atom stereocenters. The molecular weight excluding hydrogens is 404 g/mol. The number of carbonyl (C=O) groups is 1. The lowest BCUT2D eigenvalue weighted by Gasteiger charge is -2.18. The summed E-state index contributed by atoms with van der Waals surface area (Å²) >= 11 is 0. The highest BCUT2D eigenvalue weighted by Gasteiger charge is 2.13. The van der Waals surface area contributed by atoms with Gasteiger partial charge in [-0.05, 0) is 62.7 Å². The highest BCUT2D eigenvalue weighted by molar-refractivity contribution is 5.92. The maximum atomic E-state index is 12.9. The van der Waals surface area contributed by atoms with Gasteiger partial charge in [0.15, 0.2) is 0 Å². The van der Waals surface area contributed by atoms with E-state index in [-0.39, 0.29) is 18.0 Å². The monoisotopic (exact) mass is 430 g/mol. The molecule has 0 aliphatic heterocycles. The van der Waals surface area contributed by atoms with Crippen molar-refractivity contribution in [2.24, 2.45) is 0 Å². The van der Waals surface area contributed by atoms with Crippen molar-refractivity contribution in [3.05, 3.63) is 93.7 Å². The smallest absolute Gasteiger partial charge is 0.258 e. The van der Waals surface area contributed by atoms with Crippen LogP contribution >= 0.6 is 0 Å². The lowest BCUT2D eigenvalue weighted by molar-refractivity contribution is -0.126. The molecule has 0 aliphatic rings. The molecule has 0 radical (unpaired) electrons. The van der Waals surface area contributed by atoms with Gasteiger partial charge < -0.3 is 18.9 Å². The number of likely N-dealkylation sites (N-methyl/N-ethyl adjacent to an activating group) is 1. The van der Waals surface area contributed by atoms with Crippen molar-refractivity contribution in [1.29, 1.82) is 0 Å². The van der Waals surface area contributed by atoms with Crippen molar-refractivity contribution in [3.63, 3.8) is 0 Å². The van der Waals surface area contributed by atoms with Gasteiger partial charge in [-0.2, -0.15) is 0 Å². The minimum absolute atomic E-state index is 0.140. The lowest BCUT2D eigenvalue weighted by Crippen LogP contribution is -2.30. The first-order valence-corrected chi connectivity index (χ1v) is 10.6. The second-order valence-corrected chi connectivity index (χ2v) is 7.71. The Hall–Kier alpha value is -3.87. The van der Waals surface area contributed by atoms with E-state index >= 15 is 0 Å². The van der Waals surface area contributed by atoms with E-state index in [1.165, 1.54) is 0 Å². The van der Waals surface area contributed by atoms with Crippen molar-refractivity contribution in [2.75, 3.05) is 6.54 Å². The zero-order valence-electron chi connectivity index (χ0n) is 18.5. The molecule has 164 valence electrons. The molecule has 7 heteroatoms. The number of aromatic amines is 1. The average molecular weight is 431 g/mol. The molecule has 32 heavy (non-hydrogen) atoms. The van der Waals surface area contributed by atoms with Crippen molar-refractivity contribution in [2.45, 2.75) is 33.9 Å². The predicted octanol–water partition coefficient (Wildman–Crippen LogP) is 4.04. The number of amides is 1. The van der Waals surface area contributed by atoms with Crippen LogP contribution in [0.15, 0.2) is 64.0 Å². The molecule has 3 heterocycles. The van der Waals surface area contributed by atoms with E-state index in [2.05, 4.69) is 20.6 Å². The number of hydrogen-bond donors (Lipinski definition) is 1. The molecule has 4 aromatic rings. The molecule has 0 bridgehead atoms. The normalized spacial score (nSPS) is 11.5. The molecule has 4 rings (SSSR count). The SMILES string of the molecule is CCN(Cc1nc2ccccc2c(=O)[nH]1)C(=O)C=Cc1cc(C)n(Cc2ccco2)c1C. The highest BCUT2D eigenvalue weighted by atomic mass is 16.3. The Morgan fingerprint density at radius 3 is 2.78 bits per heavy atom. The summed E-state index contributed by atoms with van der Waals surface area (Å²) in [6.07, 6.45) is 5.07. The van der Waals surface area contributed by atoms with E-state index in [1.807, 2.05) is 45.0 Å². The van der Waals surface area contributed by atoms with Crippen molar-refractivity contribution < 1.29 is 9.21 Å². The quantitative estimate of drug-likeness (QED) is 0.449. The zero-order valence-corrected chi connectivity index (χ0v) is 18.5. The fourth-order valence-corrected chi connectivity index (χ4v) is 3.80. The molecule has 0 fully saturated rings. The van der Waals surface area contributed by atoms with Crippen molar-refractivity contribution in [1.82, 2.24) is 19.4 Å². The first-order chi connectivity index (χ1) is 15.5. The predicted molar refractivity (Wildman–Crippen MR) is 124 cm³/mol. The van der Waals surface area contributed by atoms with Crippen LogP contribution in [-0.4, -0.2) is 31.9 Å². The number of nitrogens with zero attached hydrogens (tertiary/aromatic N) is 3. The van der Waals surface area contributed by atoms with Crippen LogP contribution in [0, 0.1) is 13.8 Å². The fraction of sp³-hybridized carbons (Fsp3) is 0.240. The second kappa shape index (κ2) is 9.09. The van der Waals surface area contributed by atoms with Gasteiger partial charge in [0.1, 0.15) is 11.6 Å². The number of para-hydroxylation sites is 1. The van der Waals surface area contributed by atoms with Crippen LogP contribution in [0.1, 0.15) is 35.5 Å². The zero-order chi connectivity index (χ0) is 22.7. The molecule has 1 N–H and O–H groups in total. The number of carbonyl (C=O) groups excluding carboxylic acids is 1. The Morgan fingerprint density at radius 2 is 2.03 bits per heavy atom. The van der Waals surface area contributed by atoms with Crippen LogP contribution < -0.4 is 5.56 Å². The third-order valence-corrected chi connectivity index (χ3v) is 5.61. The highest BCUT2D eigenvalue weighted by Crippen LogP contribution is 2.19. The number of benzene rings is 1. The van der Waals surface area contributed by atoms with Gasteiger partial charge >= 0.3 is 0 Å². The molecule has 3 aromatic heterocycles. The summed E-state index contributed by atoms with van der Waals surface area (Å²) in [5, 5.41) is 0.537. The molecule has 0 spiro atoms. The lowest BCUT2D eigenvalue weighted by atomic mass is 10.2. The summed E-state index contributed by atoms with van der Waals surface area (Å²) in [5.41, 5.74) is 3.56. The average Bonchev–Trinajstić information content (AvgIpc) is 3.39. The third-order valence-electron chi connectivity index (χ3n) is 5.61. The summed E-state index contributed by atoms with van der Waals surface area (Å²) < 4.78 is 7.62. The molecule has 0 saturated carbocycles. The molecule has 0 aliphatic carbocycles. The number of furan rings is 1. The Kier molecular flexibility index (Phi) is 6.07. The maximum absolute atomic E-state index is 12.9. The topological polar surface area (TPSA) is 84.1 Å². The van der Waals surface area contributed by atoms with Gasteiger partial charge in [0.05, 0.1) is 30.3 Å². The molecule has 7 nitrogen and oxygen atoms in total. The van der Waals surface area contributed by atoms with Gasteiger partial charge in [0, 0.05) is 24.0 Å². The molecular formula is C25H26N4O3. The summed E-state index contributed by atoms with van der Waals surface area (Å²) in [6.45, 7) is 7.35. The van der Waals surface area contributed by atoms with Gasteiger partial charge in [0.2, 0.25) is 5.91 Å². The molecule has 1 amide bonds. The number of fused-ring (bicyclic) bond motifs is 1. The van der Waals surface area contributed by atoms with Crippen LogP contribution in [0.2, 0.25) is 0 Å². The summed E-state index contributed by atoms with van der Waals surface area (Å²) in [4.78, 5) is 34.1. The van der Waals surface area contributed by atoms with Crippen LogP contribution in [0.3, 0.4) is 0 Å². The minimum atomic E-state index is -0.200. The van der Waals surface area contributed by atoms with Crippen LogP contribution in [0.25, 0.3) is 17.0 Å². The Labute approximate surface area is 186 Å². The fourth-order valence-electron chi connectivity index (χ4n) is 3.80. The summed E-state index contributed by atoms with van der Waals surface area (Å²) in [7, 11) is 0. The van der Waals surface area contributed by atoms with E-state index < -0.39 is 0 Å². The first kappa shape index (κ1) is 21.4. The van der Waals surface area contributed by atoms with Crippen LogP contribution in [0.5, 0.6) is 0 Å². The van der Waals surface area contributed by atoms with Gasteiger partial charge in [-0.25, -0.2) is 4.98 Å². The van der Waals surface area contributed by atoms with Gasteiger partial charge in [-0.15, -0.1) is 0 Å². The standard InChI is InChI=1S/C25H26N4O3/c1-4-28(16-23-26-22-10-6-5-9-21(22)25(31)27-23)24(30)12-11-19-14-17(2)29(18(19)3)15-20-8-7-13-32-20/h5-14H,4,15-16H2,1-3H3,(H,26,27,31). The van der Waals surface area contributed by atoms with E-state index in [0.717, 1.165) is 22.7 Å². The van der Waals surface area contributed by atoms with Gasteiger partial charge in [0.25, 0.3) is 5.56 Å². The number of hydrogen-bond acceptors (Lipinski definition) is 4. The number of aromatic nitrogens is 3. The van der Waals surface area contributed by atoms with E-state index in [1.54, 1.807) is 35.4 Å². The maximum Gasteiger partial charge on any atom is 0.258 e. The first-order valence-electron chi connectivity index (χ1n) is 10.6. The number of H-pyrrole nitrogens is 1. The largest absolute Gasteiger partial charge is 0.467 e.